The summed E-state index contributed by atoms with van der Waals surface area (Å²) in [6.45, 7) is 3.79. The molecule has 0 radical (unpaired) electrons. The molecule has 1 saturated heterocycles. The Morgan fingerprint density at radius 3 is 2.60 bits per heavy atom. The second kappa shape index (κ2) is 12.4. The van der Waals surface area contributed by atoms with Gasteiger partial charge in [0.15, 0.2) is 0 Å². The second-order valence-corrected chi connectivity index (χ2v) is 7.60. The number of carbonyl (C=O) groups is 1. The number of ether oxygens (including phenoxy) is 1. The van der Waals surface area contributed by atoms with Crippen molar-refractivity contribution in [3.05, 3.63) is 50.0 Å². The molecule has 35 heavy (non-hydrogen) atoms. The molecule has 3 rings (SSSR count). The number of nitrogens with one attached hydrogen (secondary N) is 1. The summed E-state index contributed by atoms with van der Waals surface area (Å²) >= 11 is 0. The number of anilines is 1. The van der Waals surface area contributed by atoms with Gasteiger partial charge in [0.25, 0.3) is 5.09 Å². The first kappa shape index (κ1) is 26.2. The number of carbonyl (C=O) groups excluding carboxylic acids is 1. The number of hydrogen-bond acceptors (Lipinski definition) is 12. The van der Waals surface area contributed by atoms with E-state index in [0.29, 0.717) is 56.8 Å². The molecule has 1 aromatic carbocycles. The van der Waals surface area contributed by atoms with E-state index >= 15 is 4.39 Å². The Hall–Kier alpha value is -3.37. The number of piperazine rings is 1. The molecule has 2 aromatic rings. The van der Waals surface area contributed by atoms with Crippen LogP contribution in [0.4, 0.5) is 10.1 Å². The number of halogens is 1. The Labute approximate surface area is 198 Å². The van der Waals surface area contributed by atoms with E-state index in [1.165, 1.54) is 6.20 Å². The van der Waals surface area contributed by atoms with Crippen molar-refractivity contribution in [2.24, 2.45) is 0 Å². The highest BCUT2D eigenvalue weighted by molar-refractivity contribution is 5.94. The Balaban J connectivity index is 1.76. The van der Waals surface area contributed by atoms with Gasteiger partial charge in [-0.3, -0.25) is 4.79 Å². The number of fused-ring (bicyclic) bond motifs is 1. The summed E-state index contributed by atoms with van der Waals surface area (Å²) < 4.78 is 21.9. The van der Waals surface area contributed by atoms with E-state index in [0.717, 1.165) is 6.07 Å². The summed E-state index contributed by atoms with van der Waals surface area (Å²) in [5.41, 5.74) is 2.29. The molecule has 0 amide bonds. The van der Waals surface area contributed by atoms with Crippen molar-refractivity contribution in [2.75, 3.05) is 44.3 Å². The van der Waals surface area contributed by atoms with Crippen LogP contribution in [0.5, 0.6) is 0 Å². The molecule has 1 aliphatic rings. The molecule has 2 N–H and O–H groups in total. The fourth-order valence-corrected chi connectivity index (χ4v) is 3.74. The summed E-state index contributed by atoms with van der Waals surface area (Å²) in [4.78, 5) is 45.8. The molecule has 1 fully saturated rings. The van der Waals surface area contributed by atoms with E-state index in [2.05, 4.69) is 20.5 Å². The summed E-state index contributed by atoms with van der Waals surface area (Å²) in [6.07, 6.45) is 2.00. The molecule has 2 heterocycles. The maximum absolute atomic E-state index is 15.1. The van der Waals surface area contributed by atoms with Crippen molar-refractivity contribution in [3.8, 4) is 0 Å². The number of hydrogen-bond donors (Lipinski definition) is 2. The lowest BCUT2D eigenvalue weighted by Gasteiger charge is -2.35. The van der Waals surface area contributed by atoms with E-state index in [4.69, 9.17) is 9.99 Å². The van der Waals surface area contributed by atoms with Crippen LogP contribution in [0.3, 0.4) is 0 Å². The first-order valence-electron chi connectivity index (χ1n) is 10.9. The highest BCUT2D eigenvalue weighted by Gasteiger charge is 2.23. The number of nitrogens with zero attached hydrogens (tertiary/aromatic N) is 4. The molecule has 14 nitrogen and oxygen atoms in total. The largest absolute Gasteiger partial charge is 0.462 e. The van der Waals surface area contributed by atoms with Crippen LogP contribution < -0.4 is 15.9 Å². The molecule has 0 aliphatic carbocycles. The van der Waals surface area contributed by atoms with Gasteiger partial charge in [-0.25, -0.2) is 19.5 Å². The molecule has 0 saturated carbocycles. The Morgan fingerprint density at radius 2 is 1.94 bits per heavy atom. The summed E-state index contributed by atoms with van der Waals surface area (Å²) in [7, 11) is 0. The Bertz CT molecular complexity index is 1100. The van der Waals surface area contributed by atoms with Gasteiger partial charge < -0.3 is 19.0 Å². The lowest BCUT2D eigenvalue weighted by atomic mass is 10.1. The van der Waals surface area contributed by atoms with Gasteiger partial charge in [0.1, 0.15) is 11.4 Å². The van der Waals surface area contributed by atoms with Crippen molar-refractivity contribution in [3.63, 3.8) is 0 Å². The minimum atomic E-state index is -0.903. The monoisotopic (exact) mass is 499 g/mol. The van der Waals surface area contributed by atoms with E-state index in [1.807, 2.05) is 11.8 Å². The smallest absolute Gasteiger partial charge is 0.343 e. The number of pyridine rings is 1. The summed E-state index contributed by atoms with van der Waals surface area (Å²) in [6, 6.07) is 2.70. The lowest BCUT2D eigenvalue weighted by Crippen LogP contribution is -2.52. The van der Waals surface area contributed by atoms with E-state index in [1.54, 1.807) is 15.6 Å². The number of hydrazine groups is 1. The van der Waals surface area contributed by atoms with Gasteiger partial charge in [-0.05, 0) is 31.9 Å². The summed E-state index contributed by atoms with van der Waals surface area (Å²) in [5.74, 6) is -1.46. The van der Waals surface area contributed by atoms with E-state index in [-0.39, 0.29) is 24.2 Å². The predicted octanol–water partition coefficient (Wildman–Crippen LogP) is 1.27. The lowest BCUT2D eigenvalue weighted by molar-refractivity contribution is -0.757. The van der Waals surface area contributed by atoms with Crippen LogP contribution in [0.15, 0.2) is 23.1 Å². The molecular weight excluding hydrogens is 473 g/mol. The number of benzene rings is 1. The highest BCUT2D eigenvalue weighted by atomic mass is 19.1. The van der Waals surface area contributed by atoms with Crippen LogP contribution in [0.1, 0.15) is 30.1 Å². The number of aromatic nitrogens is 1. The first-order chi connectivity index (χ1) is 16.8. The third-order valence-corrected chi connectivity index (χ3v) is 5.50. The Kier molecular flexibility index (Phi) is 9.27. The van der Waals surface area contributed by atoms with E-state index < -0.39 is 22.3 Å². The SMILES string of the molecule is CCn1cc(C(=O)OCCCCO[N+](=O)[O-])c(=O)c2cc(F)c(N3CCN(NOOO)CC3)cc21. The van der Waals surface area contributed by atoms with Gasteiger partial charge in [-0.1, -0.05) is 15.6 Å². The normalized spacial score (nSPS) is 14.3. The third kappa shape index (κ3) is 6.61. The van der Waals surface area contributed by atoms with Crippen LogP contribution >= 0.6 is 0 Å². The molecule has 0 bridgehead atoms. The quantitative estimate of drug-likeness (QED) is 0.142. The molecule has 0 unspecified atom stereocenters. The maximum Gasteiger partial charge on any atom is 0.343 e. The van der Waals surface area contributed by atoms with Gasteiger partial charge in [0, 0.05) is 44.3 Å². The second-order valence-electron chi connectivity index (χ2n) is 7.60. The molecule has 192 valence electrons. The average Bonchev–Trinajstić information content (AvgIpc) is 2.85. The first-order valence-corrected chi connectivity index (χ1v) is 10.9. The zero-order valence-corrected chi connectivity index (χ0v) is 19.0. The highest BCUT2D eigenvalue weighted by Crippen LogP contribution is 2.26. The van der Waals surface area contributed by atoms with Crippen molar-refractivity contribution >= 4 is 22.6 Å². The maximum atomic E-state index is 15.1. The molecule has 1 aromatic heterocycles. The Morgan fingerprint density at radius 1 is 1.23 bits per heavy atom. The molecule has 0 spiro atoms. The summed E-state index contributed by atoms with van der Waals surface area (Å²) in [5, 5.41) is 22.6. The van der Waals surface area contributed by atoms with Gasteiger partial charge in [-0.2, -0.15) is 0 Å². The molecule has 0 atom stereocenters. The van der Waals surface area contributed by atoms with Crippen molar-refractivity contribution in [1.29, 1.82) is 0 Å². The fourth-order valence-electron chi connectivity index (χ4n) is 3.74. The number of esters is 1. The van der Waals surface area contributed by atoms with Crippen LogP contribution in [-0.4, -0.2) is 65.3 Å². The average molecular weight is 499 g/mol. The molecule has 15 heteroatoms. The number of aryl methyl sites for hydroxylation is 1. The zero-order valence-electron chi connectivity index (χ0n) is 19.0. The number of unbranched alkanes of at least 4 members (excludes halogenated alkanes) is 1. The minimum absolute atomic E-state index is 0.0485. The van der Waals surface area contributed by atoms with Crippen molar-refractivity contribution < 1.29 is 39.1 Å². The zero-order chi connectivity index (χ0) is 25.4. The van der Waals surface area contributed by atoms with Gasteiger partial charge in [-0.15, -0.1) is 10.1 Å². The van der Waals surface area contributed by atoms with Crippen molar-refractivity contribution in [1.82, 2.24) is 15.2 Å². The van der Waals surface area contributed by atoms with Crippen LogP contribution in [-0.2, 0) is 26.1 Å². The fraction of sp³-hybridized carbons (Fsp3) is 0.500. The standard InChI is InChI=1S/C20H26FN5O9/c1-2-23-13-15(20(28)32-9-3-4-10-33-26(29)30)19(27)14-11-16(21)18(12-17(14)23)24-5-7-25(8-6-24)22-34-35-31/h11-13,22,31H,2-10H2,1H3. The topological polar surface area (TPSA) is 158 Å². The van der Waals surface area contributed by atoms with Crippen LogP contribution in [0, 0.1) is 15.9 Å². The predicted molar refractivity (Wildman–Crippen MR) is 118 cm³/mol. The van der Waals surface area contributed by atoms with Gasteiger partial charge >= 0.3 is 5.97 Å². The number of rotatable bonds is 12. The van der Waals surface area contributed by atoms with Crippen LogP contribution in [0.25, 0.3) is 10.9 Å². The van der Waals surface area contributed by atoms with Gasteiger partial charge in [0.05, 0.1) is 24.4 Å². The minimum Gasteiger partial charge on any atom is -0.462 e. The third-order valence-electron chi connectivity index (χ3n) is 5.50. The van der Waals surface area contributed by atoms with E-state index in [9.17, 15) is 19.7 Å². The van der Waals surface area contributed by atoms with Crippen LogP contribution in [0.2, 0.25) is 0 Å². The molecular formula is C20H26FN5O9. The van der Waals surface area contributed by atoms with Crippen molar-refractivity contribution in [2.45, 2.75) is 26.3 Å². The molecule has 1 aliphatic heterocycles. The van der Waals surface area contributed by atoms with Gasteiger partial charge in [0.2, 0.25) is 5.43 Å².